The van der Waals surface area contributed by atoms with E-state index in [4.69, 9.17) is 0 Å². The molecule has 20 heavy (non-hydrogen) atoms. The van der Waals surface area contributed by atoms with Gasteiger partial charge in [0.15, 0.2) is 0 Å². The molecule has 0 aliphatic carbocycles. The van der Waals surface area contributed by atoms with Crippen molar-refractivity contribution in [2.45, 2.75) is 13.0 Å². The van der Waals surface area contributed by atoms with Crippen molar-refractivity contribution in [2.75, 3.05) is 5.32 Å². The molecular formula is C16H13FN2O. The summed E-state index contributed by atoms with van der Waals surface area (Å²) in [4.78, 5) is 16.3. The Morgan fingerprint density at radius 1 is 1.05 bits per heavy atom. The number of amides is 1. The minimum Gasteiger partial charge on any atom is -0.324 e. The molecule has 3 rings (SSSR count). The third-order valence-corrected chi connectivity index (χ3v) is 3.27. The number of anilines is 1. The maximum Gasteiger partial charge on any atom is 0.248 e. The van der Waals surface area contributed by atoms with Crippen molar-refractivity contribution in [1.29, 1.82) is 0 Å². The fourth-order valence-electron chi connectivity index (χ4n) is 2.23. The predicted molar refractivity (Wildman–Crippen MR) is 76.6 cm³/mol. The topological polar surface area (TPSA) is 41.5 Å². The maximum atomic E-state index is 14.0. The summed E-state index contributed by atoms with van der Waals surface area (Å²) in [6, 6.07) is 13.2. The van der Waals surface area contributed by atoms with E-state index < -0.39 is 6.04 Å². The number of hydrogen-bond donors (Lipinski definition) is 1. The third kappa shape index (κ3) is 2.09. The summed E-state index contributed by atoms with van der Waals surface area (Å²) in [6.45, 7) is 1.70. The minimum absolute atomic E-state index is 0.191. The van der Waals surface area contributed by atoms with Gasteiger partial charge >= 0.3 is 0 Å². The first-order valence-electron chi connectivity index (χ1n) is 6.40. The van der Waals surface area contributed by atoms with E-state index in [9.17, 15) is 9.18 Å². The van der Waals surface area contributed by atoms with Gasteiger partial charge in [-0.3, -0.25) is 9.79 Å². The van der Waals surface area contributed by atoms with Gasteiger partial charge in [-0.15, -0.1) is 0 Å². The van der Waals surface area contributed by atoms with Crippen molar-refractivity contribution in [3.8, 4) is 0 Å². The molecule has 100 valence electrons. The van der Waals surface area contributed by atoms with Crippen LogP contribution in [0.2, 0.25) is 0 Å². The van der Waals surface area contributed by atoms with E-state index in [0.717, 1.165) is 5.56 Å². The van der Waals surface area contributed by atoms with Crippen molar-refractivity contribution in [3.05, 3.63) is 65.5 Å². The molecule has 2 aromatic carbocycles. The van der Waals surface area contributed by atoms with Gasteiger partial charge in [-0.25, -0.2) is 4.39 Å². The van der Waals surface area contributed by atoms with Crippen molar-refractivity contribution < 1.29 is 9.18 Å². The Morgan fingerprint density at radius 3 is 2.45 bits per heavy atom. The van der Waals surface area contributed by atoms with Crippen LogP contribution in [0.3, 0.4) is 0 Å². The lowest BCUT2D eigenvalue weighted by atomic mass is 10.00. The first kappa shape index (κ1) is 12.5. The molecule has 0 radical (unpaired) electrons. The lowest BCUT2D eigenvalue weighted by Crippen LogP contribution is -2.22. The molecule has 1 unspecified atom stereocenters. The number of rotatable bonds is 1. The Bertz CT molecular complexity index is 709. The Balaban J connectivity index is 2.25. The molecule has 1 aliphatic rings. The van der Waals surface area contributed by atoms with Crippen LogP contribution in [-0.4, -0.2) is 17.7 Å². The molecule has 0 saturated carbocycles. The highest BCUT2D eigenvalue weighted by Crippen LogP contribution is 2.25. The third-order valence-electron chi connectivity index (χ3n) is 3.27. The molecule has 2 aromatic rings. The summed E-state index contributed by atoms with van der Waals surface area (Å²) < 4.78 is 14.0. The van der Waals surface area contributed by atoms with Crippen LogP contribution in [0.4, 0.5) is 10.1 Å². The number of halogens is 1. The van der Waals surface area contributed by atoms with Gasteiger partial charge < -0.3 is 5.32 Å². The number of benzene rings is 2. The predicted octanol–water partition coefficient (Wildman–Crippen LogP) is 3.00. The maximum absolute atomic E-state index is 14.0. The average Bonchev–Trinajstić information content (AvgIpc) is 2.57. The van der Waals surface area contributed by atoms with Gasteiger partial charge in [0.05, 0.1) is 11.4 Å². The number of carbonyl (C=O) groups is 1. The fourth-order valence-corrected chi connectivity index (χ4v) is 2.23. The molecule has 1 N–H and O–H groups in total. The van der Waals surface area contributed by atoms with E-state index in [-0.39, 0.29) is 11.7 Å². The Kier molecular flexibility index (Phi) is 3.06. The zero-order valence-electron chi connectivity index (χ0n) is 10.9. The van der Waals surface area contributed by atoms with E-state index in [1.54, 1.807) is 31.2 Å². The molecule has 0 spiro atoms. The van der Waals surface area contributed by atoms with Crippen LogP contribution in [0.5, 0.6) is 0 Å². The molecule has 3 nitrogen and oxygen atoms in total. The van der Waals surface area contributed by atoms with Crippen LogP contribution in [0.15, 0.2) is 53.5 Å². The molecule has 1 heterocycles. The number of aliphatic imine (C=N–C) groups is 1. The van der Waals surface area contributed by atoms with Crippen molar-refractivity contribution in [1.82, 2.24) is 0 Å². The molecule has 0 aromatic heterocycles. The lowest BCUT2D eigenvalue weighted by Gasteiger charge is -2.10. The first-order chi connectivity index (χ1) is 9.66. The Hall–Kier alpha value is -2.49. The van der Waals surface area contributed by atoms with E-state index >= 15 is 0 Å². The second-order valence-electron chi connectivity index (χ2n) is 4.67. The average molecular weight is 268 g/mol. The summed E-state index contributed by atoms with van der Waals surface area (Å²) in [5.74, 6) is -0.536. The summed E-state index contributed by atoms with van der Waals surface area (Å²) in [6.07, 6.45) is 0. The zero-order chi connectivity index (χ0) is 14.1. The summed E-state index contributed by atoms with van der Waals surface area (Å²) in [5, 5.41) is 2.82. The largest absolute Gasteiger partial charge is 0.324 e. The number of hydrogen-bond acceptors (Lipinski definition) is 2. The van der Waals surface area contributed by atoms with E-state index in [1.807, 2.05) is 18.2 Å². The van der Waals surface area contributed by atoms with Crippen LogP contribution < -0.4 is 5.32 Å². The number of fused-ring (bicyclic) bond motifs is 1. The number of nitrogens with one attached hydrogen (secondary N) is 1. The molecule has 0 fully saturated rings. The zero-order valence-corrected chi connectivity index (χ0v) is 10.9. The Labute approximate surface area is 116 Å². The number of benzodiazepines with no additional fused rings is 1. The number of para-hydroxylation sites is 1. The smallest absolute Gasteiger partial charge is 0.248 e. The molecule has 1 amide bonds. The fraction of sp³-hybridized carbons (Fsp3) is 0.125. The molecule has 1 aliphatic heterocycles. The molecular weight excluding hydrogens is 255 g/mol. The monoisotopic (exact) mass is 268 g/mol. The second-order valence-corrected chi connectivity index (χ2v) is 4.67. The SMILES string of the molecule is CC1N=C(c2ccccc2F)c2ccccc2NC1=O. The quantitative estimate of drug-likeness (QED) is 0.848. The van der Waals surface area contributed by atoms with Gasteiger partial charge in [-0.2, -0.15) is 0 Å². The van der Waals surface area contributed by atoms with Crippen LogP contribution in [0.25, 0.3) is 0 Å². The highest BCUT2D eigenvalue weighted by Gasteiger charge is 2.23. The number of carbonyl (C=O) groups excluding carboxylic acids is 1. The summed E-state index contributed by atoms with van der Waals surface area (Å²) in [7, 11) is 0. The van der Waals surface area contributed by atoms with Gasteiger partial charge in [0.2, 0.25) is 5.91 Å². The van der Waals surface area contributed by atoms with Crippen LogP contribution in [0, 0.1) is 5.82 Å². The number of nitrogens with zero attached hydrogens (tertiary/aromatic N) is 1. The lowest BCUT2D eigenvalue weighted by molar-refractivity contribution is -0.116. The second kappa shape index (κ2) is 4.89. The first-order valence-corrected chi connectivity index (χ1v) is 6.40. The van der Waals surface area contributed by atoms with Crippen molar-refractivity contribution in [3.63, 3.8) is 0 Å². The molecule has 4 heteroatoms. The van der Waals surface area contributed by atoms with Gasteiger partial charge in [-0.05, 0) is 25.1 Å². The van der Waals surface area contributed by atoms with Gasteiger partial charge in [0, 0.05) is 11.1 Å². The van der Waals surface area contributed by atoms with Crippen LogP contribution >= 0.6 is 0 Å². The standard InChI is InChI=1S/C16H13FN2O/c1-10-16(20)19-14-9-5-3-7-12(14)15(18-10)11-6-2-4-8-13(11)17/h2-10H,1H3,(H,19,20). The summed E-state index contributed by atoms with van der Waals surface area (Å²) in [5.41, 5.74) is 2.30. The highest BCUT2D eigenvalue weighted by atomic mass is 19.1. The minimum atomic E-state index is -0.558. The molecule has 0 bridgehead atoms. The van der Waals surface area contributed by atoms with Gasteiger partial charge in [-0.1, -0.05) is 30.3 Å². The van der Waals surface area contributed by atoms with Gasteiger partial charge in [0.1, 0.15) is 11.9 Å². The molecule has 1 atom stereocenters. The van der Waals surface area contributed by atoms with Crippen LogP contribution in [0.1, 0.15) is 18.1 Å². The Morgan fingerprint density at radius 2 is 1.70 bits per heavy atom. The highest BCUT2D eigenvalue weighted by molar-refractivity contribution is 6.19. The van der Waals surface area contributed by atoms with Crippen molar-refractivity contribution >= 4 is 17.3 Å². The van der Waals surface area contributed by atoms with Gasteiger partial charge in [0.25, 0.3) is 0 Å². The van der Waals surface area contributed by atoms with E-state index in [2.05, 4.69) is 10.3 Å². The van der Waals surface area contributed by atoms with E-state index in [0.29, 0.717) is 17.0 Å². The van der Waals surface area contributed by atoms with E-state index in [1.165, 1.54) is 6.07 Å². The normalized spacial score (nSPS) is 17.8. The summed E-state index contributed by atoms with van der Waals surface area (Å²) >= 11 is 0. The van der Waals surface area contributed by atoms with Crippen LogP contribution in [-0.2, 0) is 4.79 Å². The van der Waals surface area contributed by atoms with Crippen molar-refractivity contribution in [2.24, 2.45) is 4.99 Å². The molecule has 0 saturated heterocycles.